The van der Waals surface area contributed by atoms with Crippen LogP contribution in [-0.4, -0.2) is 38.0 Å². The zero-order chi connectivity index (χ0) is 20.8. The molecule has 28 heavy (non-hydrogen) atoms. The second-order valence-electron chi connectivity index (χ2n) is 6.98. The molecule has 6 nitrogen and oxygen atoms in total. The first-order valence-electron chi connectivity index (χ1n) is 10.2. The number of ketones is 1. The van der Waals surface area contributed by atoms with E-state index in [4.69, 9.17) is 9.47 Å². The van der Waals surface area contributed by atoms with Crippen LogP contribution in [0, 0.1) is 11.8 Å². The molecule has 0 N–H and O–H groups in total. The molecule has 0 heterocycles. The first-order chi connectivity index (χ1) is 13.5. The lowest BCUT2D eigenvalue weighted by Crippen LogP contribution is -2.13. The lowest BCUT2D eigenvalue weighted by Gasteiger charge is -2.14. The first-order valence-corrected chi connectivity index (χ1v) is 10.2. The molecule has 6 heteroatoms. The van der Waals surface area contributed by atoms with Crippen molar-refractivity contribution in [2.24, 2.45) is 11.8 Å². The minimum Gasteiger partial charge on any atom is -0.463 e. The molecule has 1 aliphatic carbocycles. The topological polar surface area (TPSA) is 78.9 Å². The Kier molecular flexibility index (Phi) is 12.1. The van der Waals surface area contributed by atoms with Crippen molar-refractivity contribution in [1.82, 2.24) is 0 Å². The van der Waals surface area contributed by atoms with Gasteiger partial charge in [0.2, 0.25) is 5.76 Å². The molecule has 0 radical (unpaired) electrons. The molecule has 0 bridgehead atoms. The Labute approximate surface area is 168 Å². The highest BCUT2D eigenvalue weighted by atomic mass is 16.6. The van der Waals surface area contributed by atoms with Crippen molar-refractivity contribution in [2.45, 2.75) is 65.2 Å². The van der Waals surface area contributed by atoms with E-state index in [1.54, 1.807) is 6.08 Å². The van der Waals surface area contributed by atoms with E-state index in [2.05, 4.69) is 16.9 Å². The van der Waals surface area contributed by atoms with Crippen LogP contribution in [0.15, 0.2) is 24.0 Å². The first kappa shape index (κ1) is 24.1. The molecule has 0 saturated heterocycles. The third-order valence-corrected chi connectivity index (χ3v) is 4.84. The molecular formula is C22H34O6. The molecule has 1 rings (SSSR count). The van der Waals surface area contributed by atoms with Crippen molar-refractivity contribution in [3.8, 4) is 0 Å². The number of rotatable bonds is 13. The predicted molar refractivity (Wildman–Crippen MR) is 106 cm³/mol. The molecule has 0 aromatic rings. The molecule has 0 unspecified atom stereocenters. The monoisotopic (exact) mass is 394 g/mol. The summed E-state index contributed by atoms with van der Waals surface area (Å²) in [5, 5.41) is 0. The van der Waals surface area contributed by atoms with Crippen LogP contribution in [-0.2, 0) is 28.6 Å². The van der Waals surface area contributed by atoms with Gasteiger partial charge in [-0.2, -0.15) is 0 Å². The van der Waals surface area contributed by atoms with Crippen molar-refractivity contribution in [3.63, 3.8) is 0 Å². The highest BCUT2D eigenvalue weighted by Gasteiger charge is 2.32. The Balaban J connectivity index is 2.39. The highest BCUT2D eigenvalue weighted by Crippen LogP contribution is 2.33. The SMILES string of the molecule is CCOCCC/C=C/[C@H]1CCC(=O)[C@@H]1CCCC/C=C(\OC(C)=O)C(=O)OC. The largest absolute Gasteiger partial charge is 0.463 e. The fourth-order valence-electron chi connectivity index (χ4n) is 3.42. The zero-order valence-corrected chi connectivity index (χ0v) is 17.4. The Morgan fingerprint density at radius 1 is 1.18 bits per heavy atom. The van der Waals surface area contributed by atoms with Gasteiger partial charge < -0.3 is 14.2 Å². The fourth-order valence-corrected chi connectivity index (χ4v) is 3.42. The molecule has 0 amide bonds. The Bertz CT molecular complexity index is 563. The average Bonchev–Trinajstić information content (AvgIpc) is 3.02. The summed E-state index contributed by atoms with van der Waals surface area (Å²) in [7, 11) is 1.25. The number of carbonyl (C=O) groups is 3. The maximum Gasteiger partial charge on any atom is 0.373 e. The maximum atomic E-state index is 12.2. The molecule has 1 aliphatic rings. The molecular weight excluding hydrogens is 360 g/mol. The lowest BCUT2D eigenvalue weighted by atomic mass is 9.89. The Morgan fingerprint density at radius 3 is 2.64 bits per heavy atom. The van der Waals surface area contributed by atoms with Crippen LogP contribution >= 0.6 is 0 Å². The quantitative estimate of drug-likeness (QED) is 0.154. The van der Waals surface area contributed by atoms with Crippen LogP contribution in [0.5, 0.6) is 0 Å². The summed E-state index contributed by atoms with van der Waals surface area (Å²) >= 11 is 0. The average molecular weight is 395 g/mol. The minimum atomic E-state index is -0.657. The van der Waals surface area contributed by atoms with E-state index in [9.17, 15) is 14.4 Å². The van der Waals surface area contributed by atoms with Crippen molar-refractivity contribution in [1.29, 1.82) is 0 Å². The lowest BCUT2D eigenvalue weighted by molar-refractivity contribution is -0.148. The summed E-state index contributed by atoms with van der Waals surface area (Å²) in [6, 6.07) is 0. The number of hydrogen-bond donors (Lipinski definition) is 0. The number of esters is 2. The third kappa shape index (κ3) is 9.31. The smallest absolute Gasteiger partial charge is 0.373 e. The van der Waals surface area contributed by atoms with Crippen molar-refractivity contribution in [3.05, 3.63) is 24.0 Å². The van der Waals surface area contributed by atoms with Crippen LogP contribution in [0.1, 0.15) is 65.2 Å². The zero-order valence-electron chi connectivity index (χ0n) is 17.4. The van der Waals surface area contributed by atoms with Gasteiger partial charge in [-0.25, -0.2) is 4.79 Å². The van der Waals surface area contributed by atoms with Crippen molar-refractivity contribution in [2.75, 3.05) is 20.3 Å². The summed E-state index contributed by atoms with van der Waals surface area (Å²) < 4.78 is 14.8. The minimum absolute atomic E-state index is 0.0696. The van der Waals surface area contributed by atoms with E-state index in [0.717, 1.165) is 51.7 Å². The van der Waals surface area contributed by atoms with E-state index in [-0.39, 0.29) is 11.7 Å². The number of ether oxygens (including phenoxy) is 3. The van der Waals surface area contributed by atoms with Crippen LogP contribution in [0.3, 0.4) is 0 Å². The number of hydrogen-bond acceptors (Lipinski definition) is 6. The molecule has 0 aromatic heterocycles. The van der Waals surface area contributed by atoms with Crippen LogP contribution in [0.4, 0.5) is 0 Å². The number of allylic oxidation sites excluding steroid dienone is 3. The fraction of sp³-hybridized carbons (Fsp3) is 0.682. The number of unbranched alkanes of at least 4 members (excludes halogenated alkanes) is 3. The van der Waals surface area contributed by atoms with E-state index in [1.807, 2.05) is 6.92 Å². The van der Waals surface area contributed by atoms with E-state index in [1.165, 1.54) is 14.0 Å². The van der Waals surface area contributed by atoms with Crippen LogP contribution in [0.25, 0.3) is 0 Å². The van der Waals surface area contributed by atoms with E-state index < -0.39 is 11.9 Å². The van der Waals surface area contributed by atoms with E-state index in [0.29, 0.717) is 24.5 Å². The van der Waals surface area contributed by atoms with Gasteiger partial charge in [-0.3, -0.25) is 9.59 Å². The molecule has 0 aliphatic heterocycles. The summed E-state index contributed by atoms with van der Waals surface area (Å²) in [5.41, 5.74) is 0. The van der Waals surface area contributed by atoms with Crippen molar-refractivity contribution >= 4 is 17.7 Å². The van der Waals surface area contributed by atoms with Crippen LogP contribution < -0.4 is 0 Å². The summed E-state index contributed by atoms with van der Waals surface area (Å²) in [6.45, 7) is 4.77. The van der Waals surface area contributed by atoms with Crippen LogP contribution in [0.2, 0.25) is 0 Å². The molecule has 1 fully saturated rings. The highest BCUT2D eigenvalue weighted by molar-refractivity contribution is 5.89. The van der Waals surface area contributed by atoms with Gasteiger partial charge in [0.25, 0.3) is 0 Å². The normalized spacial score (nSPS) is 20.0. The van der Waals surface area contributed by atoms with Gasteiger partial charge in [-0.15, -0.1) is 0 Å². The van der Waals surface area contributed by atoms with Gasteiger partial charge in [-0.1, -0.05) is 18.6 Å². The third-order valence-electron chi connectivity index (χ3n) is 4.84. The van der Waals surface area contributed by atoms with Gasteiger partial charge in [0, 0.05) is 32.5 Å². The molecule has 2 atom stereocenters. The second kappa shape index (κ2) is 14.1. The number of Topliss-reactive ketones (excluding diaryl/α,β-unsaturated/α-hetero) is 1. The number of carbonyl (C=O) groups excluding carboxylic acids is 3. The van der Waals surface area contributed by atoms with Gasteiger partial charge in [-0.05, 0) is 57.4 Å². The van der Waals surface area contributed by atoms with Gasteiger partial charge >= 0.3 is 11.9 Å². The summed E-state index contributed by atoms with van der Waals surface area (Å²) in [5.74, 6) is -0.489. The summed E-state index contributed by atoms with van der Waals surface area (Å²) in [4.78, 5) is 34.8. The van der Waals surface area contributed by atoms with E-state index >= 15 is 0 Å². The standard InChI is InChI=1S/C22H34O6/c1-4-27-16-10-6-7-11-18-14-15-20(24)19(18)12-8-5-9-13-21(22(25)26-3)28-17(2)23/h7,11,13,18-19H,4-6,8-10,12,14-16H2,1-3H3/b11-7+,21-13-/t18-,19+/m0/s1. The molecule has 158 valence electrons. The second-order valence-corrected chi connectivity index (χ2v) is 6.98. The molecule has 1 saturated carbocycles. The number of methoxy groups -OCH3 is 1. The molecule has 0 aromatic carbocycles. The summed E-state index contributed by atoms with van der Waals surface area (Å²) in [6.07, 6.45) is 12.7. The Hall–Kier alpha value is -1.95. The van der Waals surface area contributed by atoms with Gasteiger partial charge in [0.15, 0.2) is 0 Å². The van der Waals surface area contributed by atoms with Gasteiger partial charge in [0.05, 0.1) is 7.11 Å². The Morgan fingerprint density at radius 2 is 1.96 bits per heavy atom. The van der Waals surface area contributed by atoms with Gasteiger partial charge in [0.1, 0.15) is 5.78 Å². The molecule has 0 spiro atoms. The maximum absolute atomic E-state index is 12.2. The van der Waals surface area contributed by atoms with Crippen molar-refractivity contribution < 1.29 is 28.6 Å². The predicted octanol–water partition coefficient (Wildman–Crippen LogP) is 4.14.